The molecule has 0 aromatic heterocycles. The second-order valence-corrected chi connectivity index (χ2v) is 6.56. The second kappa shape index (κ2) is 12.2. The predicted octanol–water partition coefficient (Wildman–Crippen LogP) is 4.47. The molecule has 0 saturated carbocycles. The highest BCUT2D eigenvalue weighted by Gasteiger charge is 2.18. The molecule has 120 valence electrons. The first-order chi connectivity index (χ1) is 9.52. The number of rotatable bonds is 13. The zero-order chi connectivity index (χ0) is 15.3. The molecule has 3 nitrogen and oxygen atoms in total. The lowest BCUT2D eigenvalue weighted by molar-refractivity contribution is -0.147. The van der Waals surface area contributed by atoms with Gasteiger partial charge in [0.25, 0.3) is 0 Å². The van der Waals surface area contributed by atoms with Crippen LogP contribution in [0, 0.1) is 5.41 Å². The minimum atomic E-state index is -0.325. The van der Waals surface area contributed by atoms with Crippen LogP contribution in [0.5, 0.6) is 0 Å². The van der Waals surface area contributed by atoms with Crippen LogP contribution in [-0.2, 0) is 9.53 Å². The largest absolute Gasteiger partial charge is 0.465 e. The molecule has 0 heterocycles. The van der Waals surface area contributed by atoms with E-state index in [2.05, 4.69) is 6.92 Å². The van der Waals surface area contributed by atoms with Crippen molar-refractivity contribution in [2.75, 3.05) is 13.2 Å². The monoisotopic (exact) mass is 286 g/mol. The van der Waals surface area contributed by atoms with Crippen LogP contribution in [0.25, 0.3) is 0 Å². The fraction of sp³-hybridized carbons (Fsp3) is 0.941. The molecule has 0 amide bonds. The van der Waals surface area contributed by atoms with Crippen molar-refractivity contribution < 1.29 is 14.6 Å². The van der Waals surface area contributed by atoms with Crippen molar-refractivity contribution in [3.63, 3.8) is 0 Å². The van der Waals surface area contributed by atoms with Gasteiger partial charge in [-0.05, 0) is 6.42 Å². The Morgan fingerprint density at radius 2 is 1.45 bits per heavy atom. The van der Waals surface area contributed by atoms with Crippen LogP contribution in [0.1, 0.15) is 85.0 Å². The van der Waals surface area contributed by atoms with Crippen LogP contribution in [0.15, 0.2) is 0 Å². The molecule has 0 fully saturated rings. The molecule has 0 spiro atoms. The Labute approximate surface area is 125 Å². The van der Waals surface area contributed by atoms with Crippen molar-refractivity contribution in [2.24, 2.45) is 5.41 Å². The van der Waals surface area contributed by atoms with Gasteiger partial charge in [-0.3, -0.25) is 4.79 Å². The molecule has 0 aliphatic rings. The maximum absolute atomic E-state index is 11.5. The van der Waals surface area contributed by atoms with Crippen LogP contribution in [0.2, 0.25) is 0 Å². The number of esters is 1. The summed E-state index contributed by atoms with van der Waals surface area (Å²) in [5.41, 5.74) is -0.325. The quantitative estimate of drug-likeness (QED) is 0.401. The van der Waals surface area contributed by atoms with Gasteiger partial charge in [0.2, 0.25) is 0 Å². The lowest BCUT2D eigenvalue weighted by atomic mass is 9.96. The van der Waals surface area contributed by atoms with E-state index in [4.69, 9.17) is 9.84 Å². The summed E-state index contributed by atoms with van der Waals surface area (Å²) >= 11 is 0. The van der Waals surface area contributed by atoms with E-state index >= 15 is 0 Å². The predicted molar refractivity (Wildman–Crippen MR) is 83.7 cm³/mol. The first-order valence-electron chi connectivity index (χ1n) is 8.28. The van der Waals surface area contributed by atoms with Gasteiger partial charge >= 0.3 is 5.97 Å². The number of hydrogen-bond acceptors (Lipinski definition) is 3. The third-order valence-electron chi connectivity index (χ3n) is 3.54. The highest BCUT2D eigenvalue weighted by Crippen LogP contribution is 2.15. The number of hydrogen-bond donors (Lipinski definition) is 1. The van der Waals surface area contributed by atoms with Gasteiger partial charge in [0.15, 0.2) is 0 Å². The van der Waals surface area contributed by atoms with Crippen molar-refractivity contribution in [3.8, 4) is 0 Å². The molecule has 0 aliphatic heterocycles. The maximum Gasteiger partial charge on any atom is 0.305 e. The molecule has 20 heavy (non-hydrogen) atoms. The van der Waals surface area contributed by atoms with Gasteiger partial charge in [-0.15, -0.1) is 0 Å². The summed E-state index contributed by atoms with van der Waals surface area (Å²) in [6.07, 6.45) is 11.8. The fourth-order valence-electron chi connectivity index (χ4n) is 1.97. The topological polar surface area (TPSA) is 46.5 Å². The first kappa shape index (κ1) is 19.4. The van der Waals surface area contributed by atoms with Crippen LogP contribution >= 0.6 is 0 Å². The van der Waals surface area contributed by atoms with Crippen molar-refractivity contribution >= 4 is 5.97 Å². The van der Waals surface area contributed by atoms with Gasteiger partial charge in [-0.2, -0.15) is 0 Å². The summed E-state index contributed by atoms with van der Waals surface area (Å²) in [6.45, 7) is 6.36. The third-order valence-corrected chi connectivity index (χ3v) is 3.54. The molecule has 3 heteroatoms. The van der Waals surface area contributed by atoms with Gasteiger partial charge in [-0.1, -0.05) is 72.1 Å². The minimum absolute atomic E-state index is 0.0400. The Morgan fingerprint density at radius 1 is 0.950 bits per heavy atom. The summed E-state index contributed by atoms with van der Waals surface area (Å²) in [7, 11) is 0. The van der Waals surface area contributed by atoms with E-state index in [1.165, 1.54) is 44.9 Å². The number of aliphatic hydroxyl groups excluding tert-OH is 1. The Bertz CT molecular complexity index is 236. The van der Waals surface area contributed by atoms with Crippen LogP contribution in [0.3, 0.4) is 0 Å². The lowest BCUT2D eigenvalue weighted by Gasteiger charge is -2.20. The van der Waals surface area contributed by atoms with Gasteiger partial charge in [-0.25, -0.2) is 0 Å². The number of carbonyl (C=O) groups is 1. The van der Waals surface area contributed by atoms with Gasteiger partial charge in [0, 0.05) is 11.8 Å². The van der Waals surface area contributed by atoms with Crippen LogP contribution in [0.4, 0.5) is 0 Å². The Hall–Kier alpha value is -0.570. The number of unbranched alkanes of at least 4 members (excludes halogenated alkanes) is 8. The van der Waals surface area contributed by atoms with Crippen LogP contribution in [-0.4, -0.2) is 24.3 Å². The molecule has 0 rings (SSSR count). The van der Waals surface area contributed by atoms with E-state index in [0.717, 1.165) is 12.8 Å². The van der Waals surface area contributed by atoms with Crippen molar-refractivity contribution in [3.05, 3.63) is 0 Å². The average Bonchev–Trinajstić information content (AvgIpc) is 2.43. The van der Waals surface area contributed by atoms with Crippen molar-refractivity contribution in [1.82, 2.24) is 0 Å². The van der Waals surface area contributed by atoms with E-state index in [-0.39, 0.29) is 18.0 Å². The Balaban J connectivity index is 3.32. The molecule has 0 aromatic carbocycles. The van der Waals surface area contributed by atoms with Crippen LogP contribution < -0.4 is 0 Å². The average molecular weight is 286 g/mol. The summed E-state index contributed by atoms with van der Waals surface area (Å²) in [6, 6.07) is 0. The number of carbonyl (C=O) groups excluding carboxylic acids is 1. The Morgan fingerprint density at radius 3 is 1.95 bits per heavy atom. The molecule has 0 saturated heterocycles. The first-order valence-corrected chi connectivity index (χ1v) is 8.28. The lowest BCUT2D eigenvalue weighted by Crippen LogP contribution is -2.25. The molecule has 0 aromatic rings. The third kappa shape index (κ3) is 12.5. The molecule has 0 aliphatic carbocycles. The van der Waals surface area contributed by atoms with Crippen molar-refractivity contribution in [2.45, 2.75) is 85.0 Å². The summed E-state index contributed by atoms with van der Waals surface area (Å²) < 4.78 is 5.17. The van der Waals surface area contributed by atoms with E-state index in [1.807, 2.05) is 13.8 Å². The van der Waals surface area contributed by atoms with Gasteiger partial charge in [0.1, 0.15) is 0 Å². The molecule has 1 N–H and O–H groups in total. The molecule has 0 atom stereocenters. The normalized spacial score (nSPS) is 11.6. The second-order valence-electron chi connectivity index (χ2n) is 6.56. The van der Waals surface area contributed by atoms with E-state index in [0.29, 0.717) is 13.0 Å². The number of ether oxygens (including phenoxy) is 1. The molecular weight excluding hydrogens is 252 g/mol. The van der Waals surface area contributed by atoms with Crippen molar-refractivity contribution in [1.29, 1.82) is 0 Å². The van der Waals surface area contributed by atoms with E-state index in [1.54, 1.807) is 0 Å². The molecule has 0 radical (unpaired) electrons. The standard InChI is InChI=1S/C17H34O3/c1-4-5-6-7-8-9-10-11-12-13-16(19)20-15-17(2,3)14-18/h18H,4-15H2,1-3H3. The Kier molecular flexibility index (Phi) is 11.8. The summed E-state index contributed by atoms with van der Waals surface area (Å²) in [4.78, 5) is 11.5. The smallest absolute Gasteiger partial charge is 0.305 e. The SMILES string of the molecule is CCCCCCCCCCCC(=O)OCC(C)(C)CO. The zero-order valence-corrected chi connectivity index (χ0v) is 13.7. The highest BCUT2D eigenvalue weighted by atomic mass is 16.5. The maximum atomic E-state index is 11.5. The molecular formula is C17H34O3. The van der Waals surface area contributed by atoms with Gasteiger partial charge in [0.05, 0.1) is 13.2 Å². The molecule has 0 bridgehead atoms. The van der Waals surface area contributed by atoms with Gasteiger partial charge < -0.3 is 9.84 Å². The summed E-state index contributed by atoms with van der Waals surface area (Å²) in [5.74, 6) is -0.130. The highest BCUT2D eigenvalue weighted by molar-refractivity contribution is 5.69. The summed E-state index contributed by atoms with van der Waals surface area (Å²) in [5, 5.41) is 9.07. The fourth-order valence-corrected chi connectivity index (χ4v) is 1.97. The minimum Gasteiger partial charge on any atom is -0.465 e. The molecule has 0 unspecified atom stereocenters. The number of aliphatic hydroxyl groups is 1. The zero-order valence-electron chi connectivity index (χ0n) is 13.7. The van der Waals surface area contributed by atoms with E-state index in [9.17, 15) is 4.79 Å². The van der Waals surface area contributed by atoms with E-state index < -0.39 is 0 Å².